The van der Waals surface area contributed by atoms with E-state index in [9.17, 15) is 0 Å². The second-order valence-corrected chi connectivity index (χ2v) is 0.772. The molecule has 1 N–H and O–H groups in total. The molecule has 0 atom stereocenters. The van der Waals surface area contributed by atoms with Gasteiger partial charge in [-0.3, -0.25) is 0 Å². The molecule has 0 aliphatic carbocycles. The quantitative estimate of drug-likeness (QED) is 0.350. The summed E-state index contributed by atoms with van der Waals surface area (Å²) in [4.78, 5) is 9.11. The van der Waals surface area contributed by atoms with Crippen molar-refractivity contribution in [2.45, 2.75) is 13.3 Å². The molecule has 0 rings (SSSR count). The monoisotopic (exact) mass is 167 g/mol. The SMILES string of the molecule is CCO.[CH2-]CC=O.[Zn]. The Morgan fingerprint density at radius 1 is 1.75 bits per heavy atom. The smallest absolute Gasteiger partial charge is 0.0898 e. The fraction of sp³-hybridized carbons (Fsp3) is 0.600. The van der Waals surface area contributed by atoms with Gasteiger partial charge in [-0.15, -0.1) is 6.42 Å². The van der Waals surface area contributed by atoms with Crippen LogP contribution in [0.25, 0.3) is 0 Å². The molecule has 0 saturated carbocycles. The van der Waals surface area contributed by atoms with Crippen molar-refractivity contribution in [3.8, 4) is 0 Å². The van der Waals surface area contributed by atoms with E-state index in [0.717, 1.165) is 6.29 Å². The summed E-state index contributed by atoms with van der Waals surface area (Å²) in [7, 11) is 0. The Morgan fingerprint density at radius 2 is 1.88 bits per heavy atom. The van der Waals surface area contributed by atoms with Gasteiger partial charge in [-0.25, -0.2) is 0 Å². The standard InChI is InChI=1S/C3H5O.C2H6O.Zn/c1-2-3-4;1-2-3;/h3H,1-2H2;3H,2H2,1H3;/q-1;;. The minimum absolute atomic E-state index is 0. The van der Waals surface area contributed by atoms with Crippen molar-refractivity contribution >= 4 is 6.29 Å². The van der Waals surface area contributed by atoms with E-state index in [-0.39, 0.29) is 26.1 Å². The maximum atomic E-state index is 9.11. The third-order valence-corrected chi connectivity index (χ3v) is 0.118. The maximum Gasteiger partial charge on any atom is 0.0898 e. The first-order valence-corrected chi connectivity index (χ1v) is 2.17. The van der Waals surface area contributed by atoms with Crippen LogP contribution in [-0.2, 0) is 24.3 Å². The number of rotatable bonds is 1. The van der Waals surface area contributed by atoms with Gasteiger partial charge in [0.15, 0.2) is 0 Å². The summed E-state index contributed by atoms with van der Waals surface area (Å²) in [6.07, 6.45) is 1.15. The summed E-state index contributed by atoms with van der Waals surface area (Å²) in [5.74, 6) is 0. The van der Waals surface area contributed by atoms with Gasteiger partial charge in [-0.05, 0) is 6.92 Å². The van der Waals surface area contributed by atoms with E-state index in [4.69, 9.17) is 9.90 Å². The number of aldehydes is 1. The molecule has 3 heteroatoms. The van der Waals surface area contributed by atoms with E-state index in [1.165, 1.54) is 0 Å². The summed E-state index contributed by atoms with van der Waals surface area (Å²) in [6, 6.07) is 0. The van der Waals surface area contributed by atoms with Crippen LogP contribution in [-0.4, -0.2) is 18.0 Å². The van der Waals surface area contributed by atoms with Gasteiger partial charge in [0, 0.05) is 26.1 Å². The van der Waals surface area contributed by atoms with Crippen molar-refractivity contribution in [1.29, 1.82) is 0 Å². The van der Waals surface area contributed by atoms with Crippen molar-refractivity contribution in [2.75, 3.05) is 6.61 Å². The van der Waals surface area contributed by atoms with Gasteiger partial charge in [0.1, 0.15) is 0 Å². The molecule has 0 aliphatic heterocycles. The minimum atomic E-state index is 0. The Balaban J connectivity index is -0.0000000575. The Morgan fingerprint density at radius 3 is 1.88 bits per heavy atom. The summed E-state index contributed by atoms with van der Waals surface area (Å²) < 4.78 is 0. The normalized spacial score (nSPS) is 5.38. The molecule has 0 spiro atoms. The molecule has 0 aliphatic rings. The van der Waals surface area contributed by atoms with Crippen LogP contribution in [0.2, 0.25) is 0 Å². The zero-order valence-corrected chi connectivity index (χ0v) is 8.23. The fourth-order valence-electron chi connectivity index (χ4n) is 0. The summed E-state index contributed by atoms with van der Waals surface area (Å²) in [5, 5.41) is 7.57. The molecule has 0 heterocycles. The van der Waals surface area contributed by atoms with E-state index >= 15 is 0 Å². The first kappa shape index (κ1) is 15.7. The Kier molecular flexibility index (Phi) is 52.7. The van der Waals surface area contributed by atoms with Crippen LogP contribution in [0.1, 0.15) is 13.3 Å². The molecule has 0 fully saturated rings. The molecular formula is C5H11O2Zn-. The van der Waals surface area contributed by atoms with E-state index in [2.05, 4.69) is 6.92 Å². The van der Waals surface area contributed by atoms with Gasteiger partial charge in [0.2, 0.25) is 0 Å². The van der Waals surface area contributed by atoms with Crippen molar-refractivity contribution in [3.05, 3.63) is 6.92 Å². The predicted octanol–water partition coefficient (Wildman–Crippen LogP) is 0.406. The van der Waals surface area contributed by atoms with E-state index in [0.29, 0.717) is 6.42 Å². The Bertz CT molecular complexity index is 31.6. The van der Waals surface area contributed by atoms with Gasteiger partial charge in [-0.1, -0.05) is 0 Å². The molecule has 0 aromatic carbocycles. The molecule has 0 unspecified atom stereocenters. The zero-order valence-electron chi connectivity index (χ0n) is 5.26. The molecule has 0 saturated heterocycles. The van der Waals surface area contributed by atoms with Gasteiger partial charge in [0.25, 0.3) is 0 Å². The van der Waals surface area contributed by atoms with Crippen LogP contribution in [0.5, 0.6) is 0 Å². The Labute approximate surface area is 63.0 Å². The van der Waals surface area contributed by atoms with E-state index < -0.39 is 0 Å². The molecule has 0 radical (unpaired) electrons. The van der Waals surface area contributed by atoms with Gasteiger partial charge in [0.05, 0.1) is 6.29 Å². The number of hydrogen-bond acceptors (Lipinski definition) is 2. The molecule has 0 amide bonds. The second-order valence-electron chi connectivity index (χ2n) is 0.772. The van der Waals surface area contributed by atoms with E-state index in [1.807, 2.05) is 0 Å². The molecule has 2 nitrogen and oxygen atoms in total. The summed E-state index contributed by atoms with van der Waals surface area (Å²) in [6.45, 7) is 5.17. The molecule has 0 bridgehead atoms. The first-order valence-electron chi connectivity index (χ1n) is 2.17. The second kappa shape index (κ2) is 26.8. The van der Waals surface area contributed by atoms with Crippen LogP contribution in [0.3, 0.4) is 0 Å². The average Bonchev–Trinajstić information content (AvgIpc) is 1.69. The van der Waals surface area contributed by atoms with Crippen molar-refractivity contribution in [1.82, 2.24) is 0 Å². The van der Waals surface area contributed by atoms with Crippen molar-refractivity contribution in [3.63, 3.8) is 0 Å². The van der Waals surface area contributed by atoms with Crippen LogP contribution >= 0.6 is 0 Å². The maximum absolute atomic E-state index is 9.11. The largest absolute Gasteiger partial charge is 0.397 e. The number of hydrogen-bond donors (Lipinski definition) is 1. The number of aliphatic hydroxyl groups excluding tert-OH is 1. The Hall–Kier alpha value is 0.253. The third kappa shape index (κ3) is 110. The molecule has 0 aromatic heterocycles. The molecule has 8 heavy (non-hydrogen) atoms. The first-order chi connectivity index (χ1) is 3.33. The summed E-state index contributed by atoms with van der Waals surface area (Å²) in [5.41, 5.74) is 0. The van der Waals surface area contributed by atoms with Crippen LogP contribution < -0.4 is 0 Å². The van der Waals surface area contributed by atoms with Crippen LogP contribution in [0, 0.1) is 6.92 Å². The van der Waals surface area contributed by atoms with Crippen molar-refractivity contribution < 1.29 is 29.4 Å². The van der Waals surface area contributed by atoms with Gasteiger partial charge in [-0.2, -0.15) is 0 Å². The van der Waals surface area contributed by atoms with Gasteiger partial charge >= 0.3 is 0 Å². The molecule has 0 aromatic rings. The zero-order chi connectivity index (χ0) is 6.12. The average molecular weight is 169 g/mol. The topological polar surface area (TPSA) is 37.3 Å². The third-order valence-electron chi connectivity index (χ3n) is 0.118. The molecule has 46 valence electrons. The summed E-state index contributed by atoms with van der Waals surface area (Å²) >= 11 is 0. The van der Waals surface area contributed by atoms with Gasteiger partial charge < -0.3 is 16.8 Å². The number of carbonyl (C=O) groups is 1. The van der Waals surface area contributed by atoms with Crippen molar-refractivity contribution in [2.24, 2.45) is 0 Å². The molecular weight excluding hydrogens is 157 g/mol. The minimum Gasteiger partial charge on any atom is -0.397 e. The predicted molar refractivity (Wildman–Crippen MR) is 28.8 cm³/mol. The fourth-order valence-corrected chi connectivity index (χ4v) is 0. The number of carbonyl (C=O) groups excluding carboxylic acids is 1. The van der Waals surface area contributed by atoms with E-state index in [1.54, 1.807) is 6.92 Å². The number of aliphatic hydroxyl groups is 1. The van der Waals surface area contributed by atoms with Crippen LogP contribution in [0.15, 0.2) is 0 Å². The van der Waals surface area contributed by atoms with Crippen LogP contribution in [0.4, 0.5) is 0 Å².